The third kappa shape index (κ3) is 3.14. The fourth-order valence-electron chi connectivity index (χ4n) is 8.81. The van der Waals surface area contributed by atoms with Gasteiger partial charge in [-0.15, -0.1) is 0 Å². The molecule has 0 spiro atoms. The Balaban J connectivity index is 1.55. The summed E-state index contributed by atoms with van der Waals surface area (Å²) in [7, 11) is 0. The van der Waals surface area contributed by atoms with Crippen molar-refractivity contribution in [2.45, 2.75) is 97.2 Å². The maximum atomic E-state index is 11.1. The highest BCUT2D eigenvalue weighted by molar-refractivity contribution is 5.66. The van der Waals surface area contributed by atoms with Crippen molar-refractivity contribution >= 4 is 5.97 Å². The average Bonchev–Trinajstić information content (AvgIpc) is 2.99. The van der Waals surface area contributed by atoms with E-state index in [1.807, 2.05) is 0 Å². The van der Waals surface area contributed by atoms with Gasteiger partial charge in [0.05, 0.1) is 12.2 Å². The minimum absolute atomic E-state index is 0.176. The SMILES string of the molecule is C[C@H](CCC(=O)O)C1CC[C@H]2[C@@H]3C[C@@H](O)[C@@H]4C[C@H](O)CC[C@]4(C)[C@H]3CC[C@]12C. The molecule has 3 N–H and O–H groups in total. The lowest BCUT2D eigenvalue weighted by molar-refractivity contribution is -0.172. The van der Waals surface area contributed by atoms with Crippen LogP contribution in [0.3, 0.4) is 0 Å². The Hall–Kier alpha value is -0.610. The summed E-state index contributed by atoms with van der Waals surface area (Å²) in [5.74, 6) is 2.61. The monoisotopic (exact) mass is 392 g/mol. The third-order valence-corrected chi connectivity index (χ3v) is 10.2. The molecule has 28 heavy (non-hydrogen) atoms. The van der Waals surface area contributed by atoms with Crippen LogP contribution in [0.5, 0.6) is 0 Å². The Labute approximate surface area is 170 Å². The van der Waals surface area contributed by atoms with Gasteiger partial charge in [0, 0.05) is 6.42 Å². The number of carboxylic acid groups (broad SMARTS) is 1. The molecule has 0 bridgehead atoms. The molecule has 0 aliphatic heterocycles. The van der Waals surface area contributed by atoms with E-state index in [1.165, 1.54) is 25.7 Å². The summed E-state index contributed by atoms with van der Waals surface area (Å²) in [6.07, 6.45) is 9.16. The smallest absolute Gasteiger partial charge is 0.303 e. The summed E-state index contributed by atoms with van der Waals surface area (Å²) in [5, 5.41) is 30.4. The highest BCUT2D eigenvalue weighted by Crippen LogP contribution is 2.68. The van der Waals surface area contributed by atoms with Gasteiger partial charge >= 0.3 is 5.97 Å². The Morgan fingerprint density at radius 1 is 0.964 bits per heavy atom. The molecular formula is C24H40O4. The molecule has 4 nitrogen and oxygen atoms in total. The molecule has 0 aromatic rings. The standard InChI is InChI=1S/C24H40O4/c1-14(4-7-22(27)28)17-5-6-18-16-13-21(26)20-12-15(25)8-10-24(20,3)19(16)9-11-23(17,18)2/h14-21,25-26H,4-13H2,1-3H3,(H,27,28)/t14-,15-,16+,17?,18+,19+,20+,21-,23-,24-/m1/s1. The van der Waals surface area contributed by atoms with Gasteiger partial charge in [-0.1, -0.05) is 20.8 Å². The molecule has 0 aromatic carbocycles. The second-order valence-electron chi connectivity index (χ2n) is 11.4. The first-order chi connectivity index (χ1) is 13.2. The summed E-state index contributed by atoms with van der Waals surface area (Å²) >= 11 is 0. The zero-order valence-corrected chi connectivity index (χ0v) is 17.9. The third-order valence-electron chi connectivity index (χ3n) is 10.2. The zero-order chi connectivity index (χ0) is 20.3. The molecular weight excluding hydrogens is 352 g/mol. The van der Waals surface area contributed by atoms with Crippen LogP contribution in [0.1, 0.15) is 85.0 Å². The van der Waals surface area contributed by atoms with E-state index >= 15 is 0 Å². The molecule has 4 aliphatic rings. The summed E-state index contributed by atoms with van der Waals surface area (Å²) < 4.78 is 0. The molecule has 0 heterocycles. The second kappa shape index (κ2) is 7.27. The van der Waals surface area contributed by atoms with Crippen molar-refractivity contribution < 1.29 is 20.1 Å². The molecule has 4 fully saturated rings. The number of aliphatic hydroxyl groups excluding tert-OH is 2. The van der Waals surface area contributed by atoms with E-state index in [9.17, 15) is 15.0 Å². The molecule has 0 saturated heterocycles. The molecule has 4 aliphatic carbocycles. The maximum Gasteiger partial charge on any atom is 0.303 e. The summed E-state index contributed by atoms with van der Waals surface area (Å²) in [5.41, 5.74) is 0.478. The Morgan fingerprint density at radius 3 is 2.36 bits per heavy atom. The van der Waals surface area contributed by atoms with Crippen LogP contribution in [0, 0.1) is 46.3 Å². The molecule has 0 radical (unpaired) electrons. The van der Waals surface area contributed by atoms with Crippen LogP contribution in [-0.2, 0) is 4.79 Å². The van der Waals surface area contributed by atoms with Crippen molar-refractivity contribution in [2.24, 2.45) is 46.3 Å². The van der Waals surface area contributed by atoms with Gasteiger partial charge in [-0.3, -0.25) is 4.79 Å². The number of rotatable bonds is 4. The fourth-order valence-corrected chi connectivity index (χ4v) is 8.81. The second-order valence-corrected chi connectivity index (χ2v) is 11.4. The summed E-state index contributed by atoms with van der Waals surface area (Å²) in [6.45, 7) is 7.16. The van der Waals surface area contributed by atoms with E-state index in [0.29, 0.717) is 35.0 Å². The molecule has 4 heteroatoms. The zero-order valence-electron chi connectivity index (χ0n) is 17.9. The van der Waals surface area contributed by atoms with Crippen molar-refractivity contribution in [1.29, 1.82) is 0 Å². The largest absolute Gasteiger partial charge is 0.481 e. The maximum absolute atomic E-state index is 11.1. The van der Waals surface area contributed by atoms with E-state index in [1.54, 1.807) is 0 Å². The Bertz CT molecular complexity index is 605. The minimum Gasteiger partial charge on any atom is -0.481 e. The molecule has 0 aromatic heterocycles. The van der Waals surface area contributed by atoms with Crippen molar-refractivity contribution in [3.05, 3.63) is 0 Å². The predicted molar refractivity (Wildman–Crippen MR) is 109 cm³/mol. The van der Waals surface area contributed by atoms with Crippen LogP contribution in [0.4, 0.5) is 0 Å². The molecule has 0 amide bonds. The van der Waals surface area contributed by atoms with Gasteiger partial charge in [0.15, 0.2) is 0 Å². The van der Waals surface area contributed by atoms with Crippen LogP contribution in [0.25, 0.3) is 0 Å². The minimum atomic E-state index is -0.677. The molecule has 160 valence electrons. The van der Waals surface area contributed by atoms with Crippen molar-refractivity contribution in [2.75, 3.05) is 0 Å². The number of aliphatic carboxylic acids is 1. The van der Waals surface area contributed by atoms with Crippen molar-refractivity contribution in [3.8, 4) is 0 Å². The molecule has 4 saturated carbocycles. The summed E-state index contributed by atoms with van der Waals surface area (Å²) in [6, 6.07) is 0. The Kier molecular flexibility index (Phi) is 5.36. The quantitative estimate of drug-likeness (QED) is 0.659. The van der Waals surface area contributed by atoms with E-state index in [2.05, 4.69) is 20.8 Å². The first-order valence-electron chi connectivity index (χ1n) is 11.7. The first-order valence-corrected chi connectivity index (χ1v) is 11.7. The van der Waals surface area contributed by atoms with E-state index < -0.39 is 5.97 Å². The lowest BCUT2D eigenvalue weighted by Gasteiger charge is -2.62. The normalized spacial score (nSPS) is 51.7. The highest BCUT2D eigenvalue weighted by atomic mass is 16.4. The molecule has 1 unspecified atom stereocenters. The number of carboxylic acids is 1. The first kappa shape index (κ1) is 20.7. The lowest BCUT2D eigenvalue weighted by atomic mass is 9.44. The molecule has 10 atom stereocenters. The molecule has 4 rings (SSSR count). The van der Waals surface area contributed by atoms with Crippen LogP contribution >= 0.6 is 0 Å². The number of fused-ring (bicyclic) bond motifs is 5. The fraction of sp³-hybridized carbons (Fsp3) is 0.958. The lowest BCUT2D eigenvalue weighted by Crippen LogP contribution is -2.58. The van der Waals surface area contributed by atoms with Crippen molar-refractivity contribution in [3.63, 3.8) is 0 Å². The van der Waals surface area contributed by atoms with E-state index in [-0.39, 0.29) is 30.0 Å². The van der Waals surface area contributed by atoms with E-state index in [0.717, 1.165) is 32.1 Å². The van der Waals surface area contributed by atoms with Crippen LogP contribution in [0.15, 0.2) is 0 Å². The number of carbonyl (C=O) groups is 1. The summed E-state index contributed by atoms with van der Waals surface area (Å²) in [4.78, 5) is 11.1. The predicted octanol–water partition coefficient (Wildman–Crippen LogP) is 4.48. The van der Waals surface area contributed by atoms with Gasteiger partial charge in [-0.2, -0.15) is 0 Å². The topological polar surface area (TPSA) is 77.8 Å². The van der Waals surface area contributed by atoms with Gasteiger partial charge in [0.1, 0.15) is 0 Å². The van der Waals surface area contributed by atoms with Gasteiger partial charge in [0.2, 0.25) is 0 Å². The van der Waals surface area contributed by atoms with Crippen molar-refractivity contribution in [1.82, 2.24) is 0 Å². The van der Waals surface area contributed by atoms with Gasteiger partial charge in [-0.05, 0) is 104 Å². The van der Waals surface area contributed by atoms with Gasteiger partial charge in [0.25, 0.3) is 0 Å². The highest BCUT2D eigenvalue weighted by Gasteiger charge is 2.62. The number of hydrogen-bond donors (Lipinski definition) is 3. The van der Waals surface area contributed by atoms with Crippen LogP contribution in [0.2, 0.25) is 0 Å². The van der Waals surface area contributed by atoms with Crippen LogP contribution in [-0.4, -0.2) is 33.5 Å². The number of aliphatic hydroxyl groups is 2. The van der Waals surface area contributed by atoms with Gasteiger partial charge < -0.3 is 15.3 Å². The number of hydrogen-bond acceptors (Lipinski definition) is 3. The van der Waals surface area contributed by atoms with Crippen LogP contribution < -0.4 is 0 Å². The van der Waals surface area contributed by atoms with E-state index in [4.69, 9.17) is 5.11 Å². The average molecular weight is 393 g/mol. The van der Waals surface area contributed by atoms with Gasteiger partial charge in [-0.25, -0.2) is 0 Å². The Morgan fingerprint density at radius 2 is 1.64 bits per heavy atom.